The van der Waals surface area contributed by atoms with E-state index in [1.807, 2.05) is 0 Å². The summed E-state index contributed by atoms with van der Waals surface area (Å²) in [5, 5.41) is 1.84. The van der Waals surface area contributed by atoms with Crippen LogP contribution in [0.15, 0.2) is 29.6 Å². The maximum Gasteiger partial charge on any atom is 0.150 e. The lowest BCUT2D eigenvalue weighted by Crippen LogP contribution is -1.78. The van der Waals surface area contributed by atoms with Crippen LogP contribution in [0, 0.1) is 5.82 Å². The zero-order chi connectivity index (χ0) is 10.8. The van der Waals surface area contributed by atoms with E-state index in [1.165, 1.54) is 17.4 Å². The van der Waals surface area contributed by atoms with Crippen molar-refractivity contribution in [1.82, 2.24) is 0 Å². The molecule has 1 aromatic carbocycles. The summed E-state index contributed by atoms with van der Waals surface area (Å²) in [6, 6.07) is 6.26. The van der Waals surface area contributed by atoms with Gasteiger partial charge >= 0.3 is 0 Å². The van der Waals surface area contributed by atoms with E-state index in [-0.39, 0.29) is 5.02 Å². The van der Waals surface area contributed by atoms with Crippen LogP contribution in [0.25, 0.3) is 10.4 Å². The summed E-state index contributed by atoms with van der Waals surface area (Å²) in [6.07, 6.45) is 0.783. The molecule has 0 aliphatic heterocycles. The predicted octanol–water partition coefficient (Wildman–Crippen LogP) is 4.02. The Morgan fingerprint density at radius 3 is 2.73 bits per heavy atom. The molecule has 2 aromatic rings. The Hall–Kier alpha value is -1.19. The van der Waals surface area contributed by atoms with Gasteiger partial charge in [-0.25, -0.2) is 4.39 Å². The Labute approximate surface area is 95.1 Å². The number of hydrogen-bond acceptors (Lipinski definition) is 2. The number of benzene rings is 1. The fourth-order valence-electron chi connectivity index (χ4n) is 1.21. The van der Waals surface area contributed by atoms with Gasteiger partial charge in [0.2, 0.25) is 0 Å². The summed E-state index contributed by atoms with van der Waals surface area (Å²) in [5.41, 5.74) is 1.44. The molecule has 1 heterocycles. The number of halogens is 2. The zero-order valence-corrected chi connectivity index (χ0v) is 9.11. The molecular weight excluding hydrogens is 235 g/mol. The molecule has 0 amide bonds. The van der Waals surface area contributed by atoms with Crippen LogP contribution < -0.4 is 0 Å². The molecule has 0 aliphatic carbocycles. The first-order valence-electron chi connectivity index (χ1n) is 4.20. The second kappa shape index (κ2) is 4.13. The summed E-state index contributed by atoms with van der Waals surface area (Å²) in [5.74, 6) is -0.437. The molecule has 1 nitrogen and oxygen atoms in total. The highest BCUT2D eigenvalue weighted by atomic mass is 35.5. The molecule has 2 rings (SSSR count). The molecule has 0 saturated heterocycles. The molecule has 0 unspecified atom stereocenters. The maximum atomic E-state index is 12.9. The molecule has 0 N–H and O–H groups in total. The average Bonchev–Trinajstić information content (AvgIpc) is 2.70. The molecular formula is C11H6ClFOS. The van der Waals surface area contributed by atoms with E-state index in [4.69, 9.17) is 11.6 Å². The van der Waals surface area contributed by atoms with Crippen LogP contribution in [-0.4, -0.2) is 6.29 Å². The van der Waals surface area contributed by atoms with Crippen molar-refractivity contribution in [2.24, 2.45) is 0 Å². The molecule has 0 radical (unpaired) electrons. The molecule has 1 aromatic heterocycles. The normalized spacial score (nSPS) is 10.3. The highest BCUT2D eigenvalue weighted by Crippen LogP contribution is 2.29. The van der Waals surface area contributed by atoms with Crippen LogP contribution in [0.2, 0.25) is 5.02 Å². The lowest BCUT2D eigenvalue weighted by molar-refractivity contribution is 0.112. The van der Waals surface area contributed by atoms with Gasteiger partial charge in [-0.05, 0) is 23.8 Å². The lowest BCUT2D eigenvalue weighted by Gasteiger charge is -1.98. The monoisotopic (exact) mass is 240 g/mol. The molecule has 0 fully saturated rings. The first kappa shape index (κ1) is 10.3. The van der Waals surface area contributed by atoms with Crippen molar-refractivity contribution < 1.29 is 9.18 Å². The van der Waals surface area contributed by atoms with E-state index in [2.05, 4.69) is 0 Å². The topological polar surface area (TPSA) is 17.1 Å². The van der Waals surface area contributed by atoms with E-state index < -0.39 is 5.82 Å². The van der Waals surface area contributed by atoms with E-state index >= 15 is 0 Å². The zero-order valence-electron chi connectivity index (χ0n) is 7.54. The van der Waals surface area contributed by atoms with Gasteiger partial charge in [0.1, 0.15) is 5.82 Å². The Morgan fingerprint density at radius 1 is 1.33 bits per heavy atom. The highest BCUT2D eigenvalue weighted by molar-refractivity contribution is 7.13. The summed E-state index contributed by atoms with van der Waals surface area (Å²) in [7, 11) is 0. The van der Waals surface area contributed by atoms with Crippen molar-refractivity contribution in [1.29, 1.82) is 0 Å². The smallest absolute Gasteiger partial charge is 0.150 e. The average molecular weight is 241 g/mol. The number of rotatable bonds is 2. The van der Waals surface area contributed by atoms with Gasteiger partial charge in [-0.1, -0.05) is 17.7 Å². The standard InChI is InChI=1S/C11H6ClFOS/c12-9-4-8(1-2-10(9)13)11-3-7(5-14)6-15-11/h1-6H. The molecule has 4 heteroatoms. The van der Waals surface area contributed by atoms with Gasteiger partial charge in [-0.2, -0.15) is 0 Å². The Balaban J connectivity index is 2.44. The van der Waals surface area contributed by atoms with Gasteiger partial charge in [-0.3, -0.25) is 4.79 Å². The third-order valence-electron chi connectivity index (χ3n) is 1.96. The van der Waals surface area contributed by atoms with E-state index in [9.17, 15) is 9.18 Å². The van der Waals surface area contributed by atoms with Crippen LogP contribution in [0.4, 0.5) is 4.39 Å². The van der Waals surface area contributed by atoms with Gasteiger partial charge in [0.25, 0.3) is 0 Å². The highest BCUT2D eigenvalue weighted by Gasteiger charge is 2.05. The molecule has 0 aliphatic rings. The van der Waals surface area contributed by atoms with Gasteiger partial charge in [-0.15, -0.1) is 11.3 Å². The Bertz CT molecular complexity index is 507. The van der Waals surface area contributed by atoms with Crippen LogP contribution in [0.3, 0.4) is 0 Å². The summed E-state index contributed by atoms with van der Waals surface area (Å²) in [4.78, 5) is 11.4. The molecule has 0 atom stereocenters. The van der Waals surface area contributed by atoms with Crippen LogP contribution in [0.1, 0.15) is 10.4 Å². The number of carbonyl (C=O) groups excluding carboxylic acids is 1. The van der Waals surface area contributed by atoms with Crippen molar-refractivity contribution >= 4 is 29.2 Å². The van der Waals surface area contributed by atoms with Crippen molar-refractivity contribution in [3.05, 3.63) is 46.0 Å². The molecule has 0 spiro atoms. The van der Waals surface area contributed by atoms with Crippen LogP contribution in [-0.2, 0) is 0 Å². The first-order valence-corrected chi connectivity index (χ1v) is 5.45. The minimum Gasteiger partial charge on any atom is -0.298 e. The quantitative estimate of drug-likeness (QED) is 0.725. The van der Waals surface area contributed by atoms with Crippen molar-refractivity contribution in [3.8, 4) is 10.4 Å². The number of hydrogen-bond donors (Lipinski definition) is 0. The molecule has 0 bridgehead atoms. The van der Waals surface area contributed by atoms with E-state index in [0.717, 1.165) is 16.7 Å². The van der Waals surface area contributed by atoms with E-state index in [0.29, 0.717) is 5.56 Å². The minimum atomic E-state index is -0.437. The largest absolute Gasteiger partial charge is 0.298 e. The van der Waals surface area contributed by atoms with Gasteiger partial charge in [0, 0.05) is 15.8 Å². The van der Waals surface area contributed by atoms with Gasteiger partial charge in [0.15, 0.2) is 6.29 Å². The Kier molecular flexibility index (Phi) is 2.84. The predicted molar refractivity (Wildman–Crippen MR) is 60.1 cm³/mol. The SMILES string of the molecule is O=Cc1csc(-c2ccc(F)c(Cl)c2)c1. The van der Waals surface area contributed by atoms with Crippen molar-refractivity contribution in [2.45, 2.75) is 0 Å². The summed E-state index contributed by atoms with van der Waals surface area (Å²) in [6.45, 7) is 0. The number of thiophene rings is 1. The van der Waals surface area contributed by atoms with E-state index in [1.54, 1.807) is 23.6 Å². The molecule has 0 saturated carbocycles. The van der Waals surface area contributed by atoms with Crippen molar-refractivity contribution in [2.75, 3.05) is 0 Å². The first-order chi connectivity index (χ1) is 7.20. The van der Waals surface area contributed by atoms with Crippen LogP contribution in [0.5, 0.6) is 0 Å². The van der Waals surface area contributed by atoms with Crippen LogP contribution >= 0.6 is 22.9 Å². The molecule has 76 valence electrons. The third kappa shape index (κ3) is 2.08. The van der Waals surface area contributed by atoms with Crippen molar-refractivity contribution in [3.63, 3.8) is 0 Å². The maximum absolute atomic E-state index is 12.9. The second-order valence-corrected chi connectivity index (χ2v) is 4.31. The number of aldehydes is 1. The number of carbonyl (C=O) groups is 1. The minimum absolute atomic E-state index is 0.0913. The molecule has 15 heavy (non-hydrogen) atoms. The second-order valence-electron chi connectivity index (χ2n) is 2.99. The summed E-state index contributed by atoms with van der Waals surface area (Å²) >= 11 is 7.09. The fourth-order valence-corrected chi connectivity index (χ4v) is 2.25. The third-order valence-corrected chi connectivity index (χ3v) is 3.25. The van der Waals surface area contributed by atoms with Gasteiger partial charge < -0.3 is 0 Å². The lowest BCUT2D eigenvalue weighted by atomic mass is 10.2. The fraction of sp³-hybridized carbons (Fsp3) is 0. The van der Waals surface area contributed by atoms with Gasteiger partial charge in [0.05, 0.1) is 5.02 Å². The Morgan fingerprint density at radius 2 is 2.13 bits per heavy atom. The summed E-state index contributed by atoms with van der Waals surface area (Å²) < 4.78 is 12.9.